The summed E-state index contributed by atoms with van der Waals surface area (Å²) in [6.07, 6.45) is 3.27. The maximum absolute atomic E-state index is 14.7. The average molecular weight is 564 g/mol. The number of nitrogens with zero attached hydrogens (tertiary/aromatic N) is 1. The van der Waals surface area contributed by atoms with Crippen LogP contribution in [0.3, 0.4) is 0 Å². The smallest absolute Gasteiger partial charge is 0.294 e. The summed E-state index contributed by atoms with van der Waals surface area (Å²) in [7, 11) is -10.0. The minimum Gasteiger partial charge on any atom is -0.744 e. The van der Waals surface area contributed by atoms with Gasteiger partial charge >= 0.3 is 0 Å². The molecule has 192 valence electrons. The number of rotatable bonds is 3. The molecule has 0 amide bonds. The van der Waals surface area contributed by atoms with Crippen molar-refractivity contribution in [2.75, 3.05) is 13.1 Å². The van der Waals surface area contributed by atoms with E-state index in [0.29, 0.717) is 23.5 Å². The lowest BCUT2D eigenvalue weighted by Crippen LogP contribution is -2.45. The summed E-state index contributed by atoms with van der Waals surface area (Å²) in [5, 5.41) is 1.34. The number of ether oxygens (including phenoxy) is 1. The number of hydrogen-bond acceptors (Lipinski definition) is 6. The van der Waals surface area contributed by atoms with E-state index < -0.39 is 35.8 Å². The monoisotopic (exact) mass is 563 g/mol. The summed E-state index contributed by atoms with van der Waals surface area (Å²) in [6.45, 7) is 1.80. The minimum atomic E-state index is -5.23. The third-order valence-electron chi connectivity index (χ3n) is 7.04. The van der Waals surface area contributed by atoms with Gasteiger partial charge in [-0.25, -0.2) is 17.4 Å². The number of hydrogen-bond donors (Lipinski definition) is 1. The Labute approximate surface area is 216 Å². The van der Waals surface area contributed by atoms with Crippen molar-refractivity contribution in [3.63, 3.8) is 0 Å². The van der Waals surface area contributed by atoms with Crippen LogP contribution >= 0.6 is 11.6 Å². The van der Waals surface area contributed by atoms with Crippen molar-refractivity contribution in [1.29, 1.82) is 0 Å². The van der Waals surface area contributed by atoms with Gasteiger partial charge in [-0.05, 0) is 37.1 Å². The van der Waals surface area contributed by atoms with Gasteiger partial charge < -0.3 is 9.29 Å². The van der Waals surface area contributed by atoms with Crippen molar-refractivity contribution in [3.05, 3.63) is 80.1 Å². The van der Waals surface area contributed by atoms with Crippen LogP contribution in [0.2, 0.25) is 5.02 Å². The Morgan fingerprint density at radius 1 is 1.00 bits per heavy atom. The van der Waals surface area contributed by atoms with E-state index in [0.717, 1.165) is 67.0 Å². The molecule has 3 aromatic rings. The predicted octanol–water partition coefficient (Wildman–Crippen LogP) is 2.37. The normalized spacial score (nSPS) is 16.5. The highest BCUT2D eigenvalue weighted by atomic mass is 35.5. The highest BCUT2D eigenvalue weighted by molar-refractivity contribution is 7.86. The molecule has 0 saturated carbocycles. The Hall–Kier alpha value is -2.83. The number of aryl methyl sites for hydroxylation is 1. The second-order valence-corrected chi connectivity index (χ2v) is 12.4. The zero-order valence-corrected chi connectivity index (χ0v) is 21.5. The van der Waals surface area contributed by atoms with Crippen molar-refractivity contribution >= 4 is 37.4 Å². The molecule has 0 radical (unpaired) electrons. The first-order chi connectivity index (χ1) is 17.4. The van der Waals surface area contributed by atoms with Gasteiger partial charge in [0, 0.05) is 46.4 Å². The summed E-state index contributed by atoms with van der Waals surface area (Å²) in [5.41, 5.74) is 2.19. The molecule has 0 aromatic heterocycles. The van der Waals surface area contributed by atoms with E-state index in [4.69, 9.17) is 16.3 Å². The molecular weight excluding hydrogens is 545 g/mol. The lowest BCUT2D eigenvalue weighted by Gasteiger charge is -2.27. The summed E-state index contributed by atoms with van der Waals surface area (Å²) in [5.74, 6) is -0.147. The number of fused-ring (bicyclic) bond motifs is 3. The molecule has 3 heterocycles. The third kappa shape index (κ3) is 3.96. The average Bonchev–Trinajstić information content (AvgIpc) is 2.83. The lowest BCUT2D eigenvalue weighted by molar-refractivity contribution is 0.436. The minimum absolute atomic E-state index is 0.134. The number of halogens is 2. The van der Waals surface area contributed by atoms with Crippen LogP contribution in [0.1, 0.15) is 35.1 Å². The van der Waals surface area contributed by atoms with E-state index in [9.17, 15) is 30.3 Å². The maximum atomic E-state index is 14.7. The fourth-order valence-corrected chi connectivity index (χ4v) is 7.01. The SMILES string of the molecule is O=S(=O)([O-])c1cc(S(=O)(=O)O)ccc1C1=c2cc3c4c(c2Oc2cc(Cl)c(F)cc21)CCC[N+]=4CCC3. The molecule has 0 fully saturated rings. The van der Waals surface area contributed by atoms with Crippen molar-refractivity contribution in [3.8, 4) is 11.5 Å². The van der Waals surface area contributed by atoms with Crippen molar-refractivity contribution in [1.82, 2.24) is 4.58 Å². The molecule has 37 heavy (non-hydrogen) atoms. The van der Waals surface area contributed by atoms with Gasteiger partial charge in [0.1, 0.15) is 40.5 Å². The maximum Gasteiger partial charge on any atom is 0.294 e. The Morgan fingerprint density at radius 3 is 2.43 bits per heavy atom. The first-order valence-corrected chi connectivity index (χ1v) is 14.7. The zero-order chi connectivity index (χ0) is 26.3. The molecule has 0 aliphatic carbocycles. The molecule has 6 rings (SSSR count). The van der Waals surface area contributed by atoms with Gasteiger partial charge in [-0.15, -0.1) is 0 Å². The molecule has 0 saturated heterocycles. The largest absolute Gasteiger partial charge is 0.744 e. The number of benzene rings is 3. The van der Waals surface area contributed by atoms with Crippen molar-refractivity contribution < 1.29 is 35.1 Å². The lowest BCUT2D eigenvalue weighted by atomic mass is 9.87. The van der Waals surface area contributed by atoms with E-state index in [1.807, 2.05) is 6.07 Å². The molecule has 8 nitrogen and oxygen atoms in total. The molecule has 0 unspecified atom stereocenters. The van der Waals surface area contributed by atoms with Crippen LogP contribution in [0.15, 0.2) is 46.2 Å². The quantitative estimate of drug-likeness (QED) is 0.300. The Balaban J connectivity index is 1.82. The van der Waals surface area contributed by atoms with Gasteiger partial charge in [-0.1, -0.05) is 17.7 Å². The van der Waals surface area contributed by atoms with E-state index in [1.54, 1.807) is 0 Å². The molecule has 12 heteroatoms. The van der Waals surface area contributed by atoms with Crippen LogP contribution in [0.25, 0.3) is 5.57 Å². The fraction of sp³-hybridized carbons (Fsp3) is 0.240. The second-order valence-electron chi connectivity index (χ2n) is 9.26. The van der Waals surface area contributed by atoms with Crippen LogP contribution < -0.4 is 19.9 Å². The van der Waals surface area contributed by atoms with E-state index in [1.165, 1.54) is 6.07 Å². The van der Waals surface area contributed by atoms with E-state index in [-0.39, 0.29) is 27.5 Å². The van der Waals surface area contributed by atoms with Crippen LogP contribution in [0, 0.1) is 5.82 Å². The van der Waals surface area contributed by atoms with E-state index >= 15 is 0 Å². The van der Waals surface area contributed by atoms with Crippen LogP contribution in [-0.4, -0.2) is 39.0 Å². The first kappa shape index (κ1) is 24.5. The Kier molecular flexibility index (Phi) is 5.52. The molecule has 3 aromatic carbocycles. The first-order valence-electron chi connectivity index (χ1n) is 11.5. The summed E-state index contributed by atoms with van der Waals surface area (Å²) < 4.78 is 93.2. The molecule has 0 bridgehead atoms. The standard InChI is InChI=1S/C25H19ClFNO7S2/c26-19-12-21-17(11-20(19)27)23(15-6-5-14(36(29,30)31)10-22(15)37(32,33)34)18-9-13-3-1-7-28-8-2-4-16(24(13)28)25(18)35-21/h5-6,9-12H,1-4,7-8H2,(H-,29,30,31,32,33,34). The summed E-state index contributed by atoms with van der Waals surface area (Å²) >= 11 is 6.05. The van der Waals surface area contributed by atoms with Crippen molar-refractivity contribution in [2.45, 2.75) is 35.5 Å². The van der Waals surface area contributed by atoms with Crippen molar-refractivity contribution in [2.24, 2.45) is 0 Å². The molecule has 0 spiro atoms. The fourth-order valence-electron chi connectivity index (χ4n) is 5.56. The van der Waals surface area contributed by atoms with Gasteiger partial charge in [-0.3, -0.25) is 4.55 Å². The molecule has 3 aliphatic heterocycles. The zero-order valence-electron chi connectivity index (χ0n) is 19.1. The highest BCUT2D eigenvalue weighted by Crippen LogP contribution is 2.42. The predicted molar refractivity (Wildman–Crippen MR) is 131 cm³/mol. The van der Waals surface area contributed by atoms with E-state index in [2.05, 4.69) is 4.58 Å². The van der Waals surface area contributed by atoms with Gasteiger partial charge in [0.05, 0.1) is 20.4 Å². The molecular formula is C25H19ClFNO7S2. The highest BCUT2D eigenvalue weighted by Gasteiger charge is 2.33. The third-order valence-corrected chi connectivity index (χ3v) is 9.05. The Morgan fingerprint density at radius 2 is 1.73 bits per heavy atom. The van der Waals surface area contributed by atoms with Gasteiger partial charge in [-0.2, -0.15) is 8.42 Å². The van der Waals surface area contributed by atoms with Gasteiger partial charge in [0.2, 0.25) is 5.36 Å². The van der Waals surface area contributed by atoms with Crippen LogP contribution in [0.5, 0.6) is 11.5 Å². The van der Waals surface area contributed by atoms with Gasteiger partial charge in [0.25, 0.3) is 10.1 Å². The Bertz CT molecular complexity index is 1880. The topological polar surface area (TPSA) is 124 Å². The molecule has 1 N–H and O–H groups in total. The van der Waals surface area contributed by atoms with Crippen LogP contribution in [0.4, 0.5) is 4.39 Å². The van der Waals surface area contributed by atoms with Crippen LogP contribution in [-0.2, 0) is 33.1 Å². The van der Waals surface area contributed by atoms with Gasteiger partial charge in [0.15, 0.2) is 0 Å². The molecule has 0 atom stereocenters. The summed E-state index contributed by atoms with van der Waals surface area (Å²) in [4.78, 5) is -1.61. The molecule has 3 aliphatic rings. The second kappa shape index (κ2) is 8.34. The summed E-state index contributed by atoms with van der Waals surface area (Å²) in [6, 6.07) is 7.01.